The highest BCUT2D eigenvalue weighted by molar-refractivity contribution is 5.68. The molecular formula is C14H21FO9. The summed E-state index contributed by atoms with van der Waals surface area (Å²) >= 11 is 0. The minimum atomic E-state index is -1.80. The van der Waals surface area contributed by atoms with Crippen LogP contribution in [0.2, 0.25) is 0 Å². The summed E-state index contributed by atoms with van der Waals surface area (Å²) in [5.74, 6) is -2.40. The van der Waals surface area contributed by atoms with Gasteiger partial charge in [0.15, 0.2) is 30.8 Å². The molecule has 1 heterocycles. The molecule has 1 N–H and O–H groups in total. The number of rotatable bonds is 6. The minimum absolute atomic E-state index is 0.416. The van der Waals surface area contributed by atoms with Gasteiger partial charge in [0.05, 0.1) is 6.61 Å². The van der Waals surface area contributed by atoms with Crippen molar-refractivity contribution in [1.82, 2.24) is 0 Å². The van der Waals surface area contributed by atoms with Crippen LogP contribution in [0.1, 0.15) is 20.8 Å². The molecule has 0 amide bonds. The van der Waals surface area contributed by atoms with Crippen molar-refractivity contribution < 1.29 is 47.6 Å². The lowest BCUT2D eigenvalue weighted by Crippen LogP contribution is -2.63. The topological polar surface area (TPSA) is 118 Å². The van der Waals surface area contributed by atoms with E-state index in [4.69, 9.17) is 18.9 Å². The van der Waals surface area contributed by atoms with Gasteiger partial charge in [0.2, 0.25) is 0 Å². The number of hydrogen-bond acceptors (Lipinski definition) is 9. The first-order valence-corrected chi connectivity index (χ1v) is 7.15. The van der Waals surface area contributed by atoms with Crippen molar-refractivity contribution in [2.45, 2.75) is 57.6 Å². The summed E-state index contributed by atoms with van der Waals surface area (Å²) in [6, 6.07) is 0. The molecule has 1 fully saturated rings. The van der Waals surface area contributed by atoms with Gasteiger partial charge >= 0.3 is 17.9 Å². The predicted octanol–water partition coefficient (Wildman–Crippen LogP) is -0.517. The second kappa shape index (κ2) is 8.90. The lowest BCUT2D eigenvalue weighted by atomic mass is 9.95. The molecule has 0 aromatic carbocycles. The fraction of sp³-hybridized carbons (Fsp3) is 0.786. The second-order valence-electron chi connectivity index (χ2n) is 5.18. The van der Waals surface area contributed by atoms with Gasteiger partial charge in [-0.05, 0) is 0 Å². The lowest BCUT2D eigenvalue weighted by molar-refractivity contribution is -0.301. The molecule has 0 bridgehead atoms. The highest BCUT2D eigenvalue weighted by Crippen LogP contribution is 2.30. The van der Waals surface area contributed by atoms with E-state index in [2.05, 4.69) is 4.74 Å². The minimum Gasteiger partial charge on any atom is -0.456 e. The third-order valence-corrected chi connectivity index (χ3v) is 3.14. The molecule has 0 aliphatic carbocycles. The first kappa shape index (κ1) is 20.3. The number of methoxy groups -OCH3 is 1. The SMILES string of the molecule is COC[C@H](F)C1O[C@@H](O)[C@H](OC(C)=O)C(OC(C)=O)[C@@H]1OC(C)=O. The van der Waals surface area contributed by atoms with Crippen molar-refractivity contribution in [1.29, 1.82) is 0 Å². The molecular weight excluding hydrogens is 331 g/mol. The number of carbonyl (C=O) groups excluding carboxylic acids is 3. The number of esters is 3. The van der Waals surface area contributed by atoms with E-state index in [9.17, 15) is 23.9 Å². The maximum atomic E-state index is 14.3. The fourth-order valence-electron chi connectivity index (χ4n) is 2.37. The standard InChI is InChI=1S/C14H21FO9/c1-6(16)21-11-10(9(15)5-20-4)24-14(19)13(23-8(3)18)12(11)22-7(2)17/h9-14,19H,5H2,1-4H3/t9-,10?,11+,12?,13+,14+/m0/s1. The Morgan fingerprint density at radius 1 is 1.00 bits per heavy atom. The maximum Gasteiger partial charge on any atom is 0.303 e. The van der Waals surface area contributed by atoms with Crippen LogP contribution in [-0.4, -0.2) is 73.6 Å². The first-order chi connectivity index (χ1) is 11.2. The molecule has 1 aliphatic rings. The van der Waals surface area contributed by atoms with Crippen LogP contribution in [-0.2, 0) is 38.1 Å². The van der Waals surface area contributed by atoms with E-state index in [-0.39, 0.29) is 0 Å². The number of aliphatic hydroxyl groups excluding tert-OH is 1. The van der Waals surface area contributed by atoms with Gasteiger partial charge < -0.3 is 28.8 Å². The summed E-state index contributed by atoms with van der Waals surface area (Å²) < 4.78 is 38.9. The molecule has 0 aromatic rings. The van der Waals surface area contributed by atoms with Crippen molar-refractivity contribution in [3.05, 3.63) is 0 Å². The van der Waals surface area contributed by atoms with E-state index in [1.807, 2.05) is 0 Å². The van der Waals surface area contributed by atoms with E-state index in [0.717, 1.165) is 20.8 Å². The zero-order chi connectivity index (χ0) is 18.4. The Bertz CT molecular complexity index is 469. The summed E-state index contributed by atoms with van der Waals surface area (Å²) in [4.78, 5) is 33.9. The molecule has 138 valence electrons. The van der Waals surface area contributed by atoms with E-state index in [1.54, 1.807) is 0 Å². The van der Waals surface area contributed by atoms with E-state index in [0.29, 0.717) is 0 Å². The molecule has 0 radical (unpaired) electrons. The van der Waals surface area contributed by atoms with Gasteiger partial charge in [0.25, 0.3) is 0 Å². The molecule has 10 heteroatoms. The van der Waals surface area contributed by atoms with Crippen LogP contribution < -0.4 is 0 Å². The van der Waals surface area contributed by atoms with Gasteiger partial charge in [0.1, 0.15) is 6.10 Å². The number of ether oxygens (including phenoxy) is 5. The highest BCUT2D eigenvalue weighted by atomic mass is 19.1. The quantitative estimate of drug-likeness (QED) is 0.498. The predicted molar refractivity (Wildman–Crippen MR) is 74.3 cm³/mol. The Labute approximate surface area is 137 Å². The van der Waals surface area contributed by atoms with Gasteiger partial charge in [-0.1, -0.05) is 0 Å². The molecule has 2 unspecified atom stereocenters. The van der Waals surface area contributed by atoms with E-state index < -0.39 is 61.4 Å². The van der Waals surface area contributed by atoms with Crippen LogP contribution in [0.25, 0.3) is 0 Å². The van der Waals surface area contributed by atoms with Crippen LogP contribution in [0.5, 0.6) is 0 Å². The second-order valence-corrected chi connectivity index (χ2v) is 5.18. The largest absolute Gasteiger partial charge is 0.456 e. The summed E-state index contributed by atoms with van der Waals surface area (Å²) in [7, 11) is 1.25. The first-order valence-electron chi connectivity index (χ1n) is 7.15. The molecule has 0 aromatic heterocycles. The number of hydrogen-bond donors (Lipinski definition) is 1. The zero-order valence-corrected chi connectivity index (χ0v) is 13.8. The van der Waals surface area contributed by atoms with E-state index >= 15 is 0 Å². The van der Waals surface area contributed by atoms with E-state index in [1.165, 1.54) is 7.11 Å². The number of aliphatic hydroxyl groups is 1. The average Bonchev–Trinajstić information content (AvgIpc) is 2.44. The van der Waals surface area contributed by atoms with Gasteiger partial charge in [0, 0.05) is 27.9 Å². The van der Waals surface area contributed by atoms with Gasteiger partial charge in [-0.25, -0.2) is 4.39 Å². The summed E-state index contributed by atoms with van der Waals surface area (Å²) in [6.45, 7) is 2.78. The number of alkyl halides is 1. The molecule has 24 heavy (non-hydrogen) atoms. The van der Waals surface area contributed by atoms with Crippen LogP contribution in [0.3, 0.4) is 0 Å². The molecule has 9 nitrogen and oxygen atoms in total. The van der Waals surface area contributed by atoms with Gasteiger partial charge in [-0.2, -0.15) is 0 Å². The van der Waals surface area contributed by atoms with Crippen molar-refractivity contribution >= 4 is 17.9 Å². The summed E-state index contributed by atoms with van der Waals surface area (Å²) in [6.07, 6.45) is -9.44. The van der Waals surface area contributed by atoms with Crippen molar-refractivity contribution in [2.75, 3.05) is 13.7 Å². The lowest BCUT2D eigenvalue weighted by Gasteiger charge is -2.43. The molecule has 6 atom stereocenters. The Kier molecular flexibility index (Phi) is 7.52. The molecule has 1 saturated heterocycles. The van der Waals surface area contributed by atoms with Crippen LogP contribution >= 0.6 is 0 Å². The van der Waals surface area contributed by atoms with Gasteiger partial charge in [-0.3, -0.25) is 14.4 Å². The number of halogens is 1. The fourth-order valence-corrected chi connectivity index (χ4v) is 2.37. The molecule has 1 aliphatic heterocycles. The Morgan fingerprint density at radius 3 is 1.92 bits per heavy atom. The average molecular weight is 352 g/mol. The molecule has 1 rings (SSSR count). The van der Waals surface area contributed by atoms with Crippen LogP contribution in [0.15, 0.2) is 0 Å². The monoisotopic (exact) mass is 352 g/mol. The summed E-state index contributed by atoms with van der Waals surface area (Å²) in [5.41, 5.74) is 0. The van der Waals surface area contributed by atoms with Crippen LogP contribution in [0.4, 0.5) is 4.39 Å². The summed E-state index contributed by atoms with van der Waals surface area (Å²) in [5, 5.41) is 10.0. The third-order valence-electron chi connectivity index (χ3n) is 3.14. The zero-order valence-electron chi connectivity index (χ0n) is 13.8. The van der Waals surface area contributed by atoms with Crippen molar-refractivity contribution in [2.24, 2.45) is 0 Å². The Hall–Kier alpha value is -1.78. The smallest absolute Gasteiger partial charge is 0.303 e. The third kappa shape index (κ3) is 5.39. The number of carbonyl (C=O) groups is 3. The van der Waals surface area contributed by atoms with Crippen molar-refractivity contribution in [3.8, 4) is 0 Å². The molecule has 0 spiro atoms. The maximum absolute atomic E-state index is 14.3. The van der Waals surface area contributed by atoms with Gasteiger partial charge in [-0.15, -0.1) is 0 Å². The normalized spacial score (nSPS) is 31.0. The van der Waals surface area contributed by atoms with Crippen LogP contribution in [0, 0.1) is 0 Å². The highest BCUT2D eigenvalue weighted by Gasteiger charge is 2.53. The Morgan fingerprint density at radius 2 is 1.46 bits per heavy atom. The van der Waals surface area contributed by atoms with Crippen molar-refractivity contribution in [3.63, 3.8) is 0 Å². The Balaban J connectivity index is 3.18. The molecule has 0 saturated carbocycles.